The van der Waals surface area contributed by atoms with Crippen molar-refractivity contribution in [3.63, 3.8) is 0 Å². The van der Waals surface area contributed by atoms with Crippen molar-refractivity contribution < 1.29 is 19.1 Å². The van der Waals surface area contributed by atoms with E-state index in [1.165, 1.54) is 21.2 Å². The smallest absolute Gasteiger partial charge is 0.308 e. The van der Waals surface area contributed by atoms with Gasteiger partial charge in [0.25, 0.3) is 0 Å². The molecule has 3 atom stereocenters. The Labute approximate surface area is 229 Å². The van der Waals surface area contributed by atoms with Gasteiger partial charge in [-0.15, -0.1) is 0 Å². The molecule has 0 aliphatic carbocycles. The molecule has 0 N–H and O–H groups in total. The number of imide groups is 1. The van der Waals surface area contributed by atoms with Crippen molar-refractivity contribution >= 4 is 62.4 Å². The van der Waals surface area contributed by atoms with Crippen molar-refractivity contribution in [1.29, 1.82) is 0 Å². The number of hydrogen-bond donors (Lipinski definition) is 0. The second kappa shape index (κ2) is 9.86. The van der Waals surface area contributed by atoms with Gasteiger partial charge in [0, 0.05) is 28.4 Å². The van der Waals surface area contributed by atoms with Crippen LogP contribution in [0.5, 0.6) is 0 Å². The van der Waals surface area contributed by atoms with Gasteiger partial charge in [0.15, 0.2) is 0 Å². The lowest BCUT2D eigenvalue weighted by Crippen LogP contribution is -2.43. The summed E-state index contributed by atoms with van der Waals surface area (Å²) in [6, 6.07) is 16.6. The zero-order valence-corrected chi connectivity index (χ0v) is 22.8. The monoisotopic (exact) mass is 599 g/mol. The lowest BCUT2D eigenvalue weighted by Gasteiger charge is -2.31. The summed E-state index contributed by atoms with van der Waals surface area (Å²) < 4.78 is 7.67. The molecule has 0 radical (unpaired) electrons. The highest BCUT2D eigenvalue weighted by Gasteiger charge is 2.56. The third kappa shape index (κ3) is 4.27. The van der Waals surface area contributed by atoms with E-state index in [4.69, 9.17) is 4.74 Å². The van der Waals surface area contributed by atoms with E-state index in [9.17, 15) is 19.2 Å². The SMILES string of the molecule is O=C(Cn1c2c(sc1=O)[C@@H](c1ccccc1)C1C(=O)N(c3ccc(Br)cc3)C(=O)C1S2)N1CCOCC1. The second-order valence-electron chi connectivity index (χ2n) is 9.06. The van der Waals surface area contributed by atoms with Gasteiger partial charge in [0.2, 0.25) is 17.7 Å². The molecule has 2 unspecified atom stereocenters. The number of thiazole rings is 1. The molecule has 0 bridgehead atoms. The first-order valence-corrected chi connectivity index (χ1v) is 14.4. The van der Waals surface area contributed by atoms with Gasteiger partial charge in [0.05, 0.1) is 29.8 Å². The number of amides is 3. The maximum atomic E-state index is 13.8. The van der Waals surface area contributed by atoms with E-state index in [2.05, 4.69) is 15.9 Å². The molecule has 0 spiro atoms. The van der Waals surface area contributed by atoms with Crippen molar-refractivity contribution in [2.45, 2.75) is 22.7 Å². The van der Waals surface area contributed by atoms with E-state index in [0.29, 0.717) is 37.0 Å². The average molecular weight is 601 g/mol. The summed E-state index contributed by atoms with van der Waals surface area (Å²) >= 11 is 5.70. The van der Waals surface area contributed by atoms with E-state index >= 15 is 0 Å². The molecule has 3 aliphatic heterocycles. The Morgan fingerprint density at radius 1 is 0.973 bits per heavy atom. The van der Waals surface area contributed by atoms with Gasteiger partial charge >= 0.3 is 4.87 Å². The molecule has 190 valence electrons. The van der Waals surface area contributed by atoms with Crippen LogP contribution in [0.2, 0.25) is 0 Å². The molecule has 2 saturated heterocycles. The Balaban J connectivity index is 1.42. The molecule has 8 nitrogen and oxygen atoms in total. The van der Waals surface area contributed by atoms with Crippen molar-refractivity contribution in [2.24, 2.45) is 5.92 Å². The van der Waals surface area contributed by atoms with Crippen LogP contribution >= 0.6 is 39.0 Å². The predicted molar refractivity (Wildman–Crippen MR) is 144 cm³/mol. The number of ether oxygens (including phenoxy) is 1. The minimum absolute atomic E-state index is 0.102. The van der Waals surface area contributed by atoms with Crippen molar-refractivity contribution in [3.8, 4) is 0 Å². The van der Waals surface area contributed by atoms with Crippen LogP contribution < -0.4 is 9.77 Å². The van der Waals surface area contributed by atoms with Gasteiger partial charge in [0.1, 0.15) is 11.8 Å². The van der Waals surface area contributed by atoms with Gasteiger partial charge in [-0.2, -0.15) is 0 Å². The number of hydrogen-bond acceptors (Lipinski definition) is 7. The quantitative estimate of drug-likeness (QED) is 0.427. The van der Waals surface area contributed by atoms with E-state index in [-0.39, 0.29) is 29.1 Å². The van der Waals surface area contributed by atoms with Crippen LogP contribution in [0.15, 0.2) is 68.9 Å². The highest BCUT2D eigenvalue weighted by Crippen LogP contribution is 2.53. The summed E-state index contributed by atoms with van der Waals surface area (Å²) in [4.78, 5) is 57.2. The summed E-state index contributed by atoms with van der Waals surface area (Å²) in [6.07, 6.45) is 0. The zero-order chi connectivity index (χ0) is 25.7. The molecule has 3 aromatic rings. The molecule has 11 heteroatoms. The number of fused-ring (bicyclic) bond motifs is 2. The van der Waals surface area contributed by atoms with Crippen molar-refractivity contribution in [3.05, 3.63) is 79.2 Å². The Kier molecular flexibility index (Phi) is 6.56. The van der Waals surface area contributed by atoms with Gasteiger partial charge in [-0.1, -0.05) is 69.4 Å². The average Bonchev–Trinajstić information content (AvgIpc) is 3.36. The van der Waals surface area contributed by atoms with Crippen LogP contribution in [0.3, 0.4) is 0 Å². The zero-order valence-electron chi connectivity index (χ0n) is 19.5. The van der Waals surface area contributed by atoms with E-state index in [0.717, 1.165) is 26.3 Å². The first-order chi connectivity index (χ1) is 17.9. The number of halogens is 1. The fourth-order valence-corrected chi connectivity index (χ4v) is 8.21. The largest absolute Gasteiger partial charge is 0.378 e. The van der Waals surface area contributed by atoms with E-state index < -0.39 is 17.1 Å². The summed E-state index contributed by atoms with van der Waals surface area (Å²) in [5, 5.41) is -0.0990. The van der Waals surface area contributed by atoms with Gasteiger partial charge < -0.3 is 9.64 Å². The summed E-state index contributed by atoms with van der Waals surface area (Å²) in [6.45, 7) is 1.81. The molecule has 2 fully saturated rings. The molecule has 37 heavy (non-hydrogen) atoms. The Bertz CT molecular complexity index is 1430. The minimum Gasteiger partial charge on any atom is -0.378 e. The van der Waals surface area contributed by atoms with Crippen LogP contribution in [-0.4, -0.2) is 58.7 Å². The summed E-state index contributed by atoms with van der Waals surface area (Å²) in [7, 11) is 0. The fourth-order valence-electron chi connectivity index (χ4n) is 5.17. The number of anilines is 1. The Morgan fingerprint density at radius 2 is 1.68 bits per heavy atom. The third-order valence-corrected chi connectivity index (χ3v) is 10.1. The van der Waals surface area contributed by atoms with Crippen LogP contribution in [0.1, 0.15) is 16.4 Å². The van der Waals surface area contributed by atoms with Crippen molar-refractivity contribution in [2.75, 3.05) is 31.2 Å². The van der Waals surface area contributed by atoms with Crippen LogP contribution in [0, 0.1) is 5.92 Å². The predicted octanol–water partition coefficient (Wildman–Crippen LogP) is 3.33. The van der Waals surface area contributed by atoms with Crippen LogP contribution in [0.25, 0.3) is 0 Å². The first kappa shape index (κ1) is 24.6. The molecule has 6 rings (SSSR count). The standard InChI is InChI=1S/C26H22BrN3O5S2/c27-16-6-8-17(9-7-16)30-23(32)20-19(15-4-2-1-3-5-15)22-25(36-21(20)24(30)33)29(26(34)37-22)14-18(31)28-10-12-35-13-11-28/h1-9,19-21H,10-14H2/t19-,20?,21?/m0/s1. The minimum atomic E-state index is -0.701. The van der Waals surface area contributed by atoms with Gasteiger partial charge in [-0.05, 0) is 29.8 Å². The Morgan fingerprint density at radius 3 is 2.38 bits per heavy atom. The molecule has 2 aromatic carbocycles. The normalized spacial score (nSPS) is 23.2. The lowest BCUT2D eigenvalue weighted by atomic mass is 9.83. The number of benzene rings is 2. The number of aromatic nitrogens is 1. The number of carbonyl (C=O) groups is 3. The second-order valence-corrected chi connectivity index (χ2v) is 12.1. The molecule has 3 amide bonds. The molecule has 0 saturated carbocycles. The van der Waals surface area contributed by atoms with Crippen LogP contribution in [0.4, 0.5) is 5.69 Å². The number of thioether (sulfide) groups is 1. The number of nitrogens with zero attached hydrogens (tertiary/aromatic N) is 3. The summed E-state index contributed by atoms with van der Waals surface area (Å²) in [5.74, 6) is -1.86. The van der Waals surface area contributed by atoms with Gasteiger partial charge in [-0.25, -0.2) is 4.90 Å². The highest BCUT2D eigenvalue weighted by atomic mass is 79.9. The lowest BCUT2D eigenvalue weighted by molar-refractivity contribution is -0.136. The molecule has 1 aromatic heterocycles. The first-order valence-electron chi connectivity index (χ1n) is 11.9. The highest BCUT2D eigenvalue weighted by molar-refractivity contribution is 9.10. The summed E-state index contributed by atoms with van der Waals surface area (Å²) in [5.41, 5.74) is 1.38. The Hall–Kier alpha value is -2.73. The third-order valence-electron chi connectivity index (χ3n) is 6.95. The topological polar surface area (TPSA) is 88.9 Å². The van der Waals surface area contributed by atoms with E-state index in [1.54, 1.807) is 29.2 Å². The van der Waals surface area contributed by atoms with Crippen molar-refractivity contribution in [1.82, 2.24) is 9.47 Å². The van der Waals surface area contributed by atoms with Gasteiger partial charge in [-0.3, -0.25) is 23.7 Å². The molecule has 4 heterocycles. The fraction of sp³-hybridized carbons (Fsp3) is 0.308. The molecule has 3 aliphatic rings. The number of rotatable bonds is 4. The van der Waals surface area contributed by atoms with E-state index in [1.807, 2.05) is 30.3 Å². The number of carbonyl (C=O) groups excluding carboxylic acids is 3. The number of morpholine rings is 1. The molecular formula is C26H22BrN3O5S2. The maximum Gasteiger partial charge on any atom is 0.308 e. The van der Waals surface area contributed by atoms with Crippen LogP contribution in [-0.2, 0) is 25.7 Å². The maximum absolute atomic E-state index is 13.8. The molecular weight excluding hydrogens is 578 g/mol.